The van der Waals surface area contributed by atoms with Crippen LogP contribution in [-0.2, 0) is 16.1 Å². The molecule has 0 aliphatic carbocycles. The fourth-order valence-corrected chi connectivity index (χ4v) is 7.29. The van der Waals surface area contributed by atoms with E-state index in [1.165, 1.54) is 11.3 Å². The SMILES string of the molecule is CCOC(=O)C1=C(C)N=c2s/c(=C\c3cc(Br)c(OCc4ccc(Cl)cc4Cl)c(OC)c3)c(=O)n2[C@@H]1c1ccc(SC)cc1. The Labute approximate surface area is 280 Å². The molecule has 3 aromatic carbocycles. The number of esters is 1. The van der Waals surface area contributed by atoms with E-state index in [2.05, 4.69) is 20.9 Å². The third-order valence-electron chi connectivity index (χ3n) is 6.89. The fraction of sp³-hybridized carbons (Fsp3) is 0.219. The number of thioether (sulfide) groups is 1. The topological polar surface area (TPSA) is 79.1 Å². The van der Waals surface area contributed by atoms with Crippen molar-refractivity contribution in [1.82, 2.24) is 4.57 Å². The molecule has 228 valence electrons. The molecule has 0 radical (unpaired) electrons. The molecule has 12 heteroatoms. The summed E-state index contributed by atoms with van der Waals surface area (Å²) in [6.45, 7) is 3.93. The van der Waals surface area contributed by atoms with Gasteiger partial charge in [0.1, 0.15) is 6.61 Å². The molecule has 0 saturated carbocycles. The Bertz CT molecular complexity index is 1950. The molecule has 0 amide bonds. The van der Waals surface area contributed by atoms with Crippen molar-refractivity contribution in [3.8, 4) is 11.5 Å². The lowest BCUT2D eigenvalue weighted by molar-refractivity contribution is -0.139. The predicted molar refractivity (Wildman–Crippen MR) is 180 cm³/mol. The van der Waals surface area contributed by atoms with Crippen molar-refractivity contribution in [2.45, 2.75) is 31.4 Å². The zero-order chi connectivity index (χ0) is 31.5. The lowest BCUT2D eigenvalue weighted by Gasteiger charge is -2.24. The largest absolute Gasteiger partial charge is 0.493 e. The van der Waals surface area contributed by atoms with Crippen LogP contribution in [0.15, 0.2) is 85.0 Å². The van der Waals surface area contributed by atoms with E-state index in [0.29, 0.717) is 52.2 Å². The zero-order valence-corrected chi connectivity index (χ0v) is 28.9. The van der Waals surface area contributed by atoms with Gasteiger partial charge in [0.05, 0.1) is 40.0 Å². The molecule has 7 nitrogen and oxygen atoms in total. The second-order valence-corrected chi connectivity index (χ2v) is 13.2. The van der Waals surface area contributed by atoms with Crippen LogP contribution in [0.1, 0.15) is 36.6 Å². The molecule has 0 bridgehead atoms. The minimum Gasteiger partial charge on any atom is -0.493 e. The van der Waals surface area contributed by atoms with Gasteiger partial charge >= 0.3 is 5.97 Å². The van der Waals surface area contributed by atoms with Crippen molar-refractivity contribution in [2.24, 2.45) is 4.99 Å². The number of thiazole rings is 1. The van der Waals surface area contributed by atoms with Crippen LogP contribution in [0.3, 0.4) is 0 Å². The Morgan fingerprint density at radius 1 is 1.16 bits per heavy atom. The van der Waals surface area contributed by atoms with Crippen molar-refractivity contribution >= 4 is 74.3 Å². The van der Waals surface area contributed by atoms with Crippen molar-refractivity contribution in [3.63, 3.8) is 0 Å². The molecule has 2 heterocycles. The highest BCUT2D eigenvalue weighted by Gasteiger charge is 2.33. The number of halogens is 3. The van der Waals surface area contributed by atoms with Crippen LogP contribution in [0, 0.1) is 0 Å². The quantitative estimate of drug-likeness (QED) is 0.134. The van der Waals surface area contributed by atoms with E-state index < -0.39 is 12.0 Å². The summed E-state index contributed by atoms with van der Waals surface area (Å²) in [7, 11) is 1.55. The van der Waals surface area contributed by atoms with Gasteiger partial charge in [-0.3, -0.25) is 9.36 Å². The molecule has 4 aromatic rings. The minimum atomic E-state index is -0.680. The molecule has 1 atom stereocenters. The summed E-state index contributed by atoms with van der Waals surface area (Å²) in [5.41, 5.74) is 2.86. The van der Waals surface area contributed by atoms with Gasteiger partial charge < -0.3 is 14.2 Å². The third-order valence-corrected chi connectivity index (χ3v) is 9.79. The van der Waals surface area contributed by atoms with E-state index in [1.807, 2.05) is 36.6 Å². The third kappa shape index (κ3) is 6.65. The second-order valence-electron chi connectivity index (χ2n) is 9.63. The van der Waals surface area contributed by atoms with Crippen LogP contribution >= 0.6 is 62.2 Å². The number of allylic oxidation sites excluding steroid dienone is 1. The fourth-order valence-electron chi connectivity index (χ4n) is 4.80. The molecule has 1 aromatic heterocycles. The maximum atomic E-state index is 14.0. The first-order valence-electron chi connectivity index (χ1n) is 13.4. The molecular weight excluding hydrogens is 707 g/mol. The highest BCUT2D eigenvalue weighted by Crippen LogP contribution is 2.38. The Balaban J connectivity index is 1.56. The first kappa shape index (κ1) is 32.4. The Hall–Kier alpha value is -3.02. The second kappa shape index (κ2) is 14.0. The lowest BCUT2D eigenvalue weighted by atomic mass is 9.96. The van der Waals surface area contributed by atoms with E-state index in [9.17, 15) is 9.59 Å². The van der Waals surface area contributed by atoms with Crippen molar-refractivity contribution in [2.75, 3.05) is 20.0 Å². The highest BCUT2D eigenvalue weighted by atomic mass is 79.9. The maximum absolute atomic E-state index is 14.0. The number of aromatic nitrogens is 1. The molecule has 1 aliphatic heterocycles. The molecule has 44 heavy (non-hydrogen) atoms. The molecule has 0 unspecified atom stereocenters. The van der Waals surface area contributed by atoms with Gasteiger partial charge in [0.25, 0.3) is 5.56 Å². The minimum absolute atomic E-state index is 0.197. The normalized spacial score (nSPS) is 14.7. The van der Waals surface area contributed by atoms with Gasteiger partial charge in [-0.15, -0.1) is 11.8 Å². The number of carbonyl (C=O) groups excluding carboxylic acids is 1. The molecule has 0 fully saturated rings. The standard InChI is InChI=1S/C32H27BrCl2N2O5S2/c1-5-41-31(39)27-17(2)36-32-37(28(27)19-7-10-22(43-4)11-8-19)30(38)26(44-32)14-18-12-23(33)29(25(13-18)40-3)42-16-20-6-9-21(34)15-24(20)35/h6-15,28H,5,16H2,1-4H3/b26-14-/t28-/m1/s1. The van der Waals surface area contributed by atoms with Gasteiger partial charge in [0.15, 0.2) is 16.3 Å². The van der Waals surface area contributed by atoms with Gasteiger partial charge in [-0.1, -0.05) is 52.7 Å². The Morgan fingerprint density at radius 3 is 2.57 bits per heavy atom. The van der Waals surface area contributed by atoms with E-state index in [0.717, 1.165) is 16.0 Å². The average Bonchev–Trinajstić information content (AvgIpc) is 3.30. The number of fused-ring (bicyclic) bond motifs is 1. The van der Waals surface area contributed by atoms with Crippen LogP contribution in [0.25, 0.3) is 6.08 Å². The summed E-state index contributed by atoms with van der Waals surface area (Å²) in [5.74, 6) is 0.460. The van der Waals surface area contributed by atoms with Crippen LogP contribution in [0.4, 0.5) is 0 Å². The smallest absolute Gasteiger partial charge is 0.338 e. The van der Waals surface area contributed by atoms with Crippen molar-refractivity contribution < 1.29 is 19.0 Å². The van der Waals surface area contributed by atoms with Gasteiger partial charge in [0.2, 0.25) is 0 Å². The average molecular weight is 735 g/mol. The molecular formula is C32H27BrCl2N2O5S2. The molecule has 5 rings (SSSR count). The molecule has 1 aliphatic rings. The molecule has 0 N–H and O–H groups in total. The number of carbonyl (C=O) groups is 1. The molecule has 0 saturated heterocycles. The predicted octanol–water partition coefficient (Wildman–Crippen LogP) is 7.18. The summed E-state index contributed by atoms with van der Waals surface area (Å²) in [4.78, 5) is 33.4. The van der Waals surface area contributed by atoms with Gasteiger partial charge in [-0.05, 0) is 89.6 Å². The maximum Gasteiger partial charge on any atom is 0.338 e. The van der Waals surface area contributed by atoms with Crippen LogP contribution in [0.5, 0.6) is 11.5 Å². The van der Waals surface area contributed by atoms with Gasteiger partial charge in [0, 0.05) is 20.5 Å². The number of ether oxygens (including phenoxy) is 3. The Kier molecular flexibility index (Phi) is 10.3. The van der Waals surface area contributed by atoms with Crippen molar-refractivity contribution in [1.29, 1.82) is 0 Å². The summed E-state index contributed by atoms with van der Waals surface area (Å²) >= 11 is 18.8. The number of hydrogen-bond acceptors (Lipinski definition) is 8. The number of hydrogen-bond donors (Lipinski definition) is 0. The summed E-state index contributed by atoms with van der Waals surface area (Å²) < 4.78 is 19.7. The molecule has 0 spiro atoms. The Morgan fingerprint density at radius 2 is 1.91 bits per heavy atom. The number of methoxy groups -OCH3 is 1. The lowest BCUT2D eigenvalue weighted by Crippen LogP contribution is -2.39. The van der Waals surface area contributed by atoms with E-state index in [-0.39, 0.29) is 18.8 Å². The summed E-state index contributed by atoms with van der Waals surface area (Å²) in [6.07, 6.45) is 3.77. The number of rotatable bonds is 9. The first-order valence-corrected chi connectivity index (χ1v) is 17.0. The monoisotopic (exact) mass is 732 g/mol. The zero-order valence-electron chi connectivity index (χ0n) is 24.2. The van der Waals surface area contributed by atoms with E-state index in [4.69, 9.17) is 37.4 Å². The van der Waals surface area contributed by atoms with Crippen LogP contribution in [0.2, 0.25) is 10.0 Å². The van der Waals surface area contributed by atoms with Gasteiger partial charge in [-0.2, -0.15) is 0 Å². The summed E-state index contributed by atoms with van der Waals surface area (Å²) in [5, 5.41) is 1.04. The first-order chi connectivity index (χ1) is 21.1. The van der Waals surface area contributed by atoms with Crippen molar-refractivity contribution in [3.05, 3.63) is 117 Å². The number of nitrogens with zero attached hydrogens (tertiary/aromatic N) is 2. The highest BCUT2D eigenvalue weighted by molar-refractivity contribution is 9.10. The van der Waals surface area contributed by atoms with Gasteiger partial charge in [-0.25, -0.2) is 9.79 Å². The van der Waals surface area contributed by atoms with Crippen LogP contribution in [-0.4, -0.2) is 30.5 Å². The van der Waals surface area contributed by atoms with E-state index >= 15 is 0 Å². The van der Waals surface area contributed by atoms with E-state index in [1.54, 1.807) is 67.6 Å². The number of benzene rings is 3. The van der Waals surface area contributed by atoms with Crippen LogP contribution < -0.4 is 24.4 Å². The summed E-state index contributed by atoms with van der Waals surface area (Å²) in [6, 6.07) is 16.0.